The third-order valence-corrected chi connectivity index (χ3v) is 5.02. The molecule has 11 heteroatoms. The molecule has 2 aromatic heterocycles. The standard InChI is InChI=1S/C24H23N9O2/c1-25-22(33-26-2)16-5-3-15(4-6-16)13-29-24(35)20-12-21(31-14-30-20)32-23(34)17-7-8-18-19(11-17)28-10-9-27-18/h3-12,14,26H,13H2,1-2H3,(H,25,33)(H,29,35)(H,30,31,32,34). The summed E-state index contributed by atoms with van der Waals surface area (Å²) < 4.78 is 0. The van der Waals surface area contributed by atoms with E-state index in [1.807, 2.05) is 24.3 Å². The molecule has 176 valence electrons. The normalized spacial score (nSPS) is 11.2. The molecule has 0 aliphatic heterocycles. The summed E-state index contributed by atoms with van der Waals surface area (Å²) in [5.41, 5.74) is 9.44. The highest BCUT2D eigenvalue weighted by atomic mass is 16.2. The Morgan fingerprint density at radius 2 is 1.60 bits per heavy atom. The fraction of sp³-hybridized carbons (Fsp3) is 0.125. The van der Waals surface area contributed by atoms with Crippen molar-refractivity contribution in [1.29, 1.82) is 0 Å². The molecule has 2 aromatic carbocycles. The van der Waals surface area contributed by atoms with Gasteiger partial charge in [-0.3, -0.25) is 24.5 Å². The second-order valence-corrected chi connectivity index (χ2v) is 7.33. The Bertz CT molecular complexity index is 1390. The second-order valence-electron chi connectivity index (χ2n) is 7.33. The molecule has 0 saturated carbocycles. The van der Waals surface area contributed by atoms with Crippen molar-refractivity contribution in [3.05, 3.63) is 89.6 Å². The predicted molar refractivity (Wildman–Crippen MR) is 132 cm³/mol. The first-order chi connectivity index (χ1) is 17.1. The largest absolute Gasteiger partial charge is 0.347 e. The van der Waals surface area contributed by atoms with Gasteiger partial charge in [-0.15, -0.1) is 0 Å². The number of benzene rings is 2. The molecule has 2 amide bonds. The molecule has 35 heavy (non-hydrogen) atoms. The SMILES string of the molecule is CN=C(NNC)c1ccc(CNC(=O)c2cc(NC(=O)c3ccc4nccnc4c3)ncn2)cc1. The second kappa shape index (κ2) is 10.9. The number of nitrogens with one attached hydrogen (secondary N) is 4. The Kier molecular flexibility index (Phi) is 7.28. The first-order valence-electron chi connectivity index (χ1n) is 10.7. The summed E-state index contributed by atoms with van der Waals surface area (Å²) in [7, 11) is 3.46. The molecule has 0 atom stereocenters. The predicted octanol–water partition coefficient (Wildman–Crippen LogP) is 1.70. The number of hydrazine groups is 1. The van der Waals surface area contributed by atoms with E-state index in [0.29, 0.717) is 29.0 Å². The quantitative estimate of drug-likeness (QED) is 0.182. The molecular weight excluding hydrogens is 446 g/mol. The molecule has 0 aliphatic rings. The number of amides is 2. The highest BCUT2D eigenvalue weighted by molar-refractivity contribution is 6.06. The van der Waals surface area contributed by atoms with Crippen molar-refractivity contribution in [2.45, 2.75) is 6.54 Å². The van der Waals surface area contributed by atoms with Crippen LogP contribution in [0.2, 0.25) is 0 Å². The van der Waals surface area contributed by atoms with Crippen LogP contribution in [0.1, 0.15) is 32.0 Å². The highest BCUT2D eigenvalue weighted by Gasteiger charge is 2.12. The van der Waals surface area contributed by atoms with Gasteiger partial charge in [-0.25, -0.2) is 15.4 Å². The third kappa shape index (κ3) is 5.78. The number of fused-ring (bicyclic) bond motifs is 1. The van der Waals surface area contributed by atoms with Crippen molar-refractivity contribution in [3.8, 4) is 0 Å². The summed E-state index contributed by atoms with van der Waals surface area (Å²) in [4.78, 5) is 45.9. The van der Waals surface area contributed by atoms with Crippen molar-refractivity contribution < 1.29 is 9.59 Å². The molecule has 4 N–H and O–H groups in total. The number of aliphatic imine (C=N–C) groups is 1. The zero-order valence-corrected chi connectivity index (χ0v) is 19.1. The molecule has 0 radical (unpaired) electrons. The average Bonchev–Trinajstić information content (AvgIpc) is 2.90. The number of hydrogen-bond donors (Lipinski definition) is 4. The summed E-state index contributed by atoms with van der Waals surface area (Å²) in [5, 5.41) is 5.50. The first kappa shape index (κ1) is 23.4. The van der Waals surface area contributed by atoms with Crippen LogP contribution in [-0.4, -0.2) is 51.7 Å². The maximum atomic E-state index is 12.7. The summed E-state index contributed by atoms with van der Waals surface area (Å²) >= 11 is 0. The number of nitrogens with zero attached hydrogens (tertiary/aromatic N) is 5. The van der Waals surface area contributed by atoms with Gasteiger partial charge in [0.2, 0.25) is 0 Å². The number of carbonyl (C=O) groups excluding carboxylic acids is 2. The minimum Gasteiger partial charge on any atom is -0.347 e. The summed E-state index contributed by atoms with van der Waals surface area (Å²) in [5.74, 6) is 0.142. The Labute approximate surface area is 201 Å². The van der Waals surface area contributed by atoms with E-state index in [2.05, 4.69) is 46.4 Å². The highest BCUT2D eigenvalue weighted by Crippen LogP contribution is 2.13. The van der Waals surface area contributed by atoms with E-state index in [4.69, 9.17) is 0 Å². The van der Waals surface area contributed by atoms with Gasteiger partial charge < -0.3 is 16.1 Å². The fourth-order valence-corrected chi connectivity index (χ4v) is 3.27. The van der Waals surface area contributed by atoms with Crippen LogP contribution in [0.5, 0.6) is 0 Å². The van der Waals surface area contributed by atoms with E-state index >= 15 is 0 Å². The molecule has 0 saturated heterocycles. The van der Waals surface area contributed by atoms with Crippen molar-refractivity contribution in [2.24, 2.45) is 4.99 Å². The van der Waals surface area contributed by atoms with Crippen LogP contribution in [0.25, 0.3) is 11.0 Å². The Morgan fingerprint density at radius 1 is 0.857 bits per heavy atom. The Hall–Kier alpha value is -4.77. The van der Waals surface area contributed by atoms with E-state index < -0.39 is 0 Å². The van der Waals surface area contributed by atoms with E-state index in [1.54, 1.807) is 44.7 Å². The molecule has 0 bridgehead atoms. The van der Waals surface area contributed by atoms with Gasteiger partial charge in [0.05, 0.1) is 11.0 Å². The van der Waals surface area contributed by atoms with Gasteiger partial charge in [0.15, 0.2) is 0 Å². The maximum absolute atomic E-state index is 12.7. The van der Waals surface area contributed by atoms with Crippen LogP contribution in [0, 0.1) is 0 Å². The third-order valence-electron chi connectivity index (χ3n) is 5.02. The van der Waals surface area contributed by atoms with Crippen molar-refractivity contribution in [2.75, 3.05) is 19.4 Å². The molecule has 4 rings (SSSR count). The smallest absolute Gasteiger partial charge is 0.270 e. The van der Waals surface area contributed by atoms with Gasteiger partial charge in [0, 0.05) is 50.2 Å². The lowest BCUT2D eigenvalue weighted by Gasteiger charge is -2.10. The van der Waals surface area contributed by atoms with E-state index in [9.17, 15) is 9.59 Å². The molecule has 0 fully saturated rings. The molecule has 11 nitrogen and oxygen atoms in total. The maximum Gasteiger partial charge on any atom is 0.270 e. The molecule has 0 spiro atoms. The zero-order chi connectivity index (χ0) is 24.6. The van der Waals surface area contributed by atoms with Crippen molar-refractivity contribution >= 4 is 34.5 Å². The van der Waals surface area contributed by atoms with Gasteiger partial charge in [0.25, 0.3) is 11.8 Å². The first-order valence-corrected chi connectivity index (χ1v) is 10.7. The number of aromatic nitrogens is 4. The van der Waals surface area contributed by atoms with E-state index in [-0.39, 0.29) is 23.3 Å². The van der Waals surface area contributed by atoms with Crippen LogP contribution >= 0.6 is 0 Å². The number of rotatable bonds is 7. The summed E-state index contributed by atoms with van der Waals surface area (Å²) in [6, 6.07) is 14.0. The summed E-state index contributed by atoms with van der Waals surface area (Å²) in [6.45, 7) is 0.307. The van der Waals surface area contributed by atoms with Crippen LogP contribution in [-0.2, 0) is 6.54 Å². The average molecular weight is 470 g/mol. The monoisotopic (exact) mass is 469 g/mol. The number of carbonyl (C=O) groups is 2. The van der Waals surface area contributed by atoms with Crippen LogP contribution in [0.4, 0.5) is 5.82 Å². The zero-order valence-electron chi connectivity index (χ0n) is 19.1. The lowest BCUT2D eigenvalue weighted by Crippen LogP contribution is -2.34. The fourth-order valence-electron chi connectivity index (χ4n) is 3.27. The van der Waals surface area contributed by atoms with Crippen molar-refractivity contribution in [3.63, 3.8) is 0 Å². The van der Waals surface area contributed by atoms with E-state index in [0.717, 1.165) is 11.1 Å². The Balaban J connectivity index is 1.38. The molecule has 0 aliphatic carbocycles. The minimum absolute atomic E-state index is 0.134. The lowest BCUT2D eigenvalue weighted by molar-refractivity contribution is 0.0944. The molecular formula is C24H23N9O2. The minimum atomic E-state index is -0.388. The van der Waals surface area contributed by atoms with Gasteiger partial charge in [-0.2, -0.15) is 0 Å². The number of anilines is 1. The molecule has 4 aromatic rings. The van der Waals surface area contributed by atoms with E-state index in [1.165, 1.54) is 12.4 Å². The van der Waals surface area contributed by atoms with Gasteiger partial charge >= 0.3 is 0 Å². The van der Waals surface area contributed by atoms with Gasteiger partial charge in [-0.05, 0) is 23.8 Å². The van der Waals surface area contributed by atoms with Crippen LogP contribution in [0.15, 0.2) is 72.2 Å². The van der Waals surface area contributed by atoms with Crippen molar-refractivity contribution in [1.82, 2.24) is 36.1 Å². The number of hydrogen-bond acceptors (Lipinski definition) is 8. The topological polar surface area (TPSA) is 146 Å². The van der Waals surface area contributed by atoms with Crippen LogP contribution in [0.3, 0.4) is 0 Å². The summed E-state index contributed by atoms with van der Waals surface area (Å²) in [6.07, 6.45) is 4.38. The van der Waals surface area contributed by atoms with Crippen LogP contribution < -0.4 is 21.5 Å². The van der Waals surface area contributed by atoms with Gasteiger partial charge in [-0.1, -0.05) is 24.3 Å². The molecule has 2 heterocycles. The number of amidine groups is 1. The van der Waals surface area contributed by atoms with Gasteiger partial charge in [0.1, 0.15) is 23.7 Å². The lowest BCUT2D eigenvalue weighted by atomic mass is 10.1. The molecule has 0 unspecified atom stereocenters. The Morgan fingerprint density at radius 3 is 2.34 bits per heavy atom.